The summed E-state index contributed by atoms with van der Waals surface area (Å²) < 4.78 is 10.2. The van der Waals surface area contributed by atoms with Gasteiger partial charge in [-0.1, -0.05) is 30.3 Å². The van der Waals surface area contributed by atoms with E-state index in [9.17, 15) is 14.4 Å². The van der Waals surface area contributed by atoms with Gasteiger partial charge in [-0.25, -0.2) is 4.79 Å². The van der Waals surface area contributed by atoms with Gasteiger partial charge in [0.15, 0.2) is 5.76 Å². The number of furan rings is 1. The van der Waals surface area contributed by atoms with Crippen molar-refractivity contribution in [3.63, 3.8) is 0 Å². The number of thiophene rings is 1. The molecule has 29 heavy (non-hydrogen) atoms. The molecule has 2 heterocycles. The van der Waals surface area contributed by atoms with Gasteiger partial charge in [0.2, 0.25) is 0 Å². The highest BCUT2D eigenvalue weighted by Crippen LogP contribution is 2.34. The maximum absolute atomic E-state index is 12.9. The molecule has 0 saturated heterocycles. The molecule has 0 aliphatic heterocycles. The third-order valence-corrected chi connectivity index (χ3v) is 5.29. The van der Waals surface area contributed by atoms with Gasteiger partial charge in [-0.05, 0) is 37.1 Å². The van der Waals surface area contributed by atoms with Gasteiger partial charge in [-0.3, -0.25) is 9.59 Å². The predicted molar refractivity (Wildman–Crippen MR) is 109 cm³/mol. The number of hydrogen-bond donors (Lipinski definition) is 2. The van der Waals surface area contributed by atoms with Gasteiger partial charge in [-0.15, -0.1) is 11.3 Å². The minimum atomic E-state index is -0.536. The highest BCUT2D eigenvalue weighted by Gasteiger charge is 2.27. The standard InChI is InChI=1S/C21H20N2O5S/c1-3-27-21(26)17-13(2)16(19(25)22-12-14-8-5-4-6-9-14)20(29-17)23-18(24)15-10-7-11-28-15/h4-11H,3,12H2,1-2H3,(H,22,25)(H,23,24). The minimum absolute atomic E-state index is 0.101. The van der Waals surface area contributed by atoms with Crippen LogP contribution in [0.4, 0.5) is 5.00 Å². The van der Waals surface area contributed by atoms with Gasteiger partial charge in [0.05, 0.1) is 18.4 Å². The lowest BCUT2D eigenvalue weighted by molar-refractivity contribution is 0.0531. The molecule has 0 fully saturated rings. The van der Waals surface area contributed by atoms with Crippen LogP contribution in [0.5, 0.6) is 0 Å². The molecular weight excluding hydrogens is 392 g/mol. The molecule has 3 aromatic rings. The molecule has 0 aliphatic rings. The molecule has 1 aromatic carbocycles. The summed E-state index contributed by atoms with van der Waals surface area (Å²) in [4.78, 5) is 37.8. The summed E-state index contributed by atoms with van der Waals surface area (Å²) in [5.74, 6) is -1.34. The molecule has 2 amide bonds. The second-order valence-electron chi connectivity index (χ2n) is 6.08. The zero-order valence-electron chi connectivity index (χ0n) is 16.0. The quantitative estimate of drug-likeness (QED) is 0.572. The van der Waals surface area contributed by atoms with Crippen LogP contribution in [-0.2, 0) is 11.3 Å². The van der Waals surface area contributed by atoms with Crippen molar-refractivity contribution < 1.29 is 23.5 Å². The Morgan fingerprint density at radius 1 is 1.07 bits per heavy atom. The lowest BCUT2D eigenvalue weighted by Crippen LogP contribution is -2.24. The van der Waals surface area contributed by atoms with Crippen LogP contribution >= 0.6 is 11.3 Å². The Morgan fingerprint density at radius 2 is 1.83 bits per heavy atom. The van der Waals surface area contributed by atoms with E-state index in [1.165, 1.54) is 12.3 Å². The number of carbonyl (C=O) groups is 3. The first-order chi connectivity index (χ1) is 14.0. The van der Waals surface area contributed by atoms with E-state index >= 15 is 0 Å². The molecule has 0 spiro atoms. The average molecular weight is 412 g/mol. The molecule has 0 unspecified atom stereocenters. The Bertz CT molecular complexity index is 1010. The minimum Gasteiger partial charge on any atom is -0.462 e. The molecule has 150 valence electrons. The number of nitrogens with one attached hydrogen (secondary N) is 2. The number of esters is 1. The number of anilines is 1. The van der Waals surface area contributed by atoms with Crippen molar-refractivity contribution in [3.05, 3.63) is 76.1 Å². The normalized spacial score (nSPS) is 10.4. The predicted octanol–water partition coefficient (Wildman–Crippen LogP) is 4.01. The van der Waals surface area contributed by atoms with Crippen LogP contribution in [0.1, 0.15) is 48.6 Å². The third-order valence-electron chi connectivity index (χ3n) is 4.10. The number of amides is 2. The van der Waals surface area contributed by atoms with Crippen molar-refractivity contribution in [3.8, 4) is 0 Å². The van der Waals surface area contributed by atoms with Crippen LogP contribution in [0, 0.1) is 6.92 Å². The first-order valence-corrected chi connectivity index (χ1v) is 9.80. The fourth-order valence-electron chi connectivity index (χ4n) is 2.71. The third kappa shape index (κ3) is 4.72. The molecule has 8 heteroatoms. The zero-order valence-corrected chi connectivity index (χ0v) is 16.8. The average Bonchev–Trinajstić information content (AvgIpc) is 3.36. The number of carbonyl (C=O) groups excluding carboxylic acids is 3. The Labute approximate surface area is 171 Å². The molecule has 0 atom stereocenters. The Balaban J connectivity index is 1.88. The van der Waals surface area contributed by atoms with Crippen LogP contribution in [0.2, 0.25) is 0 Å². The monoisotopic (exact) mass is 412 g/mol. The van der Waals surface area contributed by atoms with Crippen LogP contribution in [0.3, 0.4) is 0 Å². The molecule has 0 aliphatic carbocycles. The second kappa shape index (κ2) is 9.20. The van der Waals surface area contributed by atoms with E-state index in [0.717, 1.165) is 16.9 Å². The van der Waals surface area contributed by atoms with Crippen LogP contribution in [-0.4, -0.2) is 24.4 Å². The number of hydrogen-bond acceptors (Lipinski definition) is 6. The fourth-order valence-corrected chi connectivity index (χ4v) is 3.80. The molecule has 0 saturated carbocycles. The van der Waals surface area contributed by atoms with Gasteiger partial charge < -0.3 is 19.8 Å². The van der Waals surface area contributed by atoms with Crippen LogP contribution < -0.4 is 10.6 Å². The van der Waals surface area contributed by atoms with Crippen LogP contribution in [0.25, 0.3) is 0 Å². The van der Waals surface area contributed by atoms with E-state index in [1.54, 1.807) is 19.9 Å². The summed E-state index contributed by atoms with van der Waals surface area (Å²) in [5, 5.41) is 5.76. The zero-order chi connectivity index (χ0) is 20.8. The highest BCUT2D eigenvalue weighted by atomic mass is 32.1. The summed E-state index contributed by atoms with van der Waals surface area (Å²) in [7, 11) is 0. The van der Waals surface area contributed by atoms with Crippen molar-refractivity contribution in [1.29, 1.82) is 0 Å². The fraction of sp³-hybridized carbons (Fsp3) is 0.190. The first kappa shape index (κ1) is 20.3. The van der Waals surface area contributed by atoms with Gasteiger partial charge in [-0.2, -0.15) is 0 Å². The molecule has 3 rings (SSSR count). The lowest BCUT2D eigenvalue weighted by atomic mass is 10.1. The smallest absolute Gasteiger partial charge is 0.348 e. The van der Waals surface area contributed by atoms with Gasteiger partial charge in [0, 0.05) is 6.54 Å². The number of rotatable bonds is 7. The van der Waals surface area contributed by atoms with Gasteiger partial charge in [0.25, 0.3) is 11.8 Å². The van der Waals surface area contributed by atoms with E-state index in [-0.39, 0.29) is 27.8 Å². The van der Waals surface area contributed by atoms with E-state index in [4.69, 9.17) is 9.15 Å². The number of ether oxygens (including phenoxy) is 1. The van der Waals surface area contributed by atoms with E-state index < -0.39 is 17.8 Å². The number of benzene rings is 1. The van der Waals surface area contributed by atoms with E-state index in [2.05, 4.69) is 10.6 Å². The summed E-state index contributed by atoms with van der Waals surface area (Å²) >= 11 is 1.00. The molecule has 0 radical (unpaired) electrons. The second-order valence-corrected chi connectivity index (χ2v) is 7.10. The maximum Gasteiger partial charge on any atom is 0.348 e. The van der Waals surface area contributed by atoms with E-state index in [0.29, 0.717) is 12.1 Å². The van der Waals surface area contributed by atoms with Crippen molar-refractivity contribution in [1.82, 2.24) is 5.32 Å². The van der Waals surface area contributed by atoms with Crippen LogP contribution in [0.15, 0.2) is 53.1 Å². The summed E-state index contributed by atoms with van der Waals surface area (Å²) in [6.07, 6.45) is 1.38. The molecule has 7 nitrogen and oxygen atoms in total. The van der Waals surface area contributed by atoms with E-state index in [1.807, 2.05) is 30.3 Å². The summed E-state index contributed by atoms with van der Waals surface area (Å²) in [5.41, 5.74) is 1.61. The lowest BCUT2D eigenvalue weighted by Gasteiger charge is -2.08. The van der Waals surface area contributed by atoms with Gasteiger partial charge >= 0.3 is 5.97 Å². The molecular formula is C21H20N2O5S. The first-order valence-electron chi connectivity index (χ1n) is 8.98. The Kier molecular flexibility index (Phi) is 6.46. The van der Waals surface area contributed by atoms with Crippen molar-refractivity contribution in [2.75, 3.05) is 11.9 Å². The highest BCUT2D eigenvalue weighted by molar-refractivity contribution is 7.18. The SMILES string of the molecule is CCOC(=O)c1sc(NC(=O)c2ccco2)c(C(=O)NCc2ccccc2)c1C. The molecule has 2 aromatic heterocycles. The summed E-state index contributed by atoms with van der Waals surface area (Å²) in [6.45, 7) is 3.88. The topological polar surface area (TPSA) is 97.6 Å². The Hall–Kier alpha value is -3.39. The largest absolute Gasteiger partial charge is 0.462 e. The Morgan fingerprint density at radius 3 is 2.48 bits per heavy atom. The van der Waals surface area contributed by atoms with Crippen molar-refractivity contribution >= 4 is 34.1 Å². The van der Waals surface area contributed by atoms with Crippen molar-refractivity contribution in [2.24, 2.45) is 0 Å². The molecule has 2 N–H and O–H groups in total. The van der Waals surface area contributed by atoms with Gasteiger partial charge in [0.1, 0.15) is 9.88 Å². The maximum atomic E-state index is 12.9. The van der Waals surface area contributed by atoms with Crippen molar-refractivity contribution in [2.45, 2.75) is 20.4 Å². The molecule has 0 bridgehead atoms. The summed E-state index contributed by atoms with van der Waals surface area (Å²) in [6, 6.07) is 12.5.